The number of anilines is 1. The van der Waals surface area contributed by atoms with E-state index in [2.05, 4.69) is 25.8 Å². The van der Waals surface area contributed by atoms with E-state index in [4.69, 9.17) is 9.26 Å². The third-order valence-corrected chi connectivity index (χ3v) is 4.69. The molecule has 32 heavy (non-hydrogen) atoms. The molecule has 0 fully saturated rings. The van der Waals surface area contributed by atoms with Crippen LogP contribution < -0.4 is 15.4 Å². The summed E-state index contributed by atoms with van der Waals surface area (Å²) in [6.45, 7) is 7.64. The first kappa shape index (κ1) is 21.3. The fourth-order valence-electron chi connectivity index (χ4n) is 3.01. The Morgan fingerprint density at radius 2 is 2.03 bits per heavy atom. The maximum absolute atomic E-state index is 12.2. The Bertz CT molecular complexity index is 1170. The Labute approximate surface area is 186 Å². The first-order valence-corrected chi connectivity index (χ1v) is 10.4. The molecule has 0 unspecified atom stereocenters. The Hall–Kier alpha value is -3.94. The van der Waals surface area contributed by atoms with Gasteiger partial charge in [0.05, 0.1) is 12.2 Å². The van der Waals surface area contributed by atoms with Crippen molar-refractivity contribution in [1.29, 1.82) is 0 Å². The molecular formula is C24H25N5O3. The van der Waals surface area contributed by atoms with E-state index in [0.29, 0.717) is 17.4 Å². The van der Waals surface area contributed by atoms with Gasteiger partial charge in [-0.3, -0.25) is 20.1 Å². The van der Waals surface area contributed by atoms with Crippen LogP contribution in [-0.2, 0) is 10.2 Å². The summed E-state index contributed by atoms with van der Waals surface area (Å²) in [7, 11) is 0. The molecule has 0 atom stereocenters. The van der Waals surface area contributed by atoms with Crippen LogP contribution in [0.4, 0.5) is 5.88 Å². The number of hydrogen-bond donors (Lipinski definition) is 2. The number of benzene rings is 1. The largest absolute Gasteiger partial charge is 0.457 e. The zero-order valence-corrected chi connectivity index (χ0v) is 18.3. The highest BCUT2D eigenvalue weighted by atomic mass is 16.5. The molecule has 3 heterocycles. The van der Waals surface area contributed by atoms with E-state index in [9.17, 15) is 4.79 Å². The molecule has 1 aliphatic rings. The molecule has 0 spiro atoms. The van der Waals surface area contributed by atoms with Crippen molar-refractivity contribution in [2.75, 3.05) is 18.4 Å². The second-order valence-electron chi connectivity index (χ2n) is 8.36. The molecule has 4 rings (SSSR count). The number of carbonyl (C=O) groups is 1. The monoisotopic (exact) mass is 431 g/mol. The number of hydrogen-bond acceptors (Lipinski definition) is 7. The van der Waals surface area contributed by atoms with Gasteiger partial charge in [-0.2, -0.15) is 0 Å². The summed E-state index contributed by atoms with van der Waals surface area (Å²) < 4.78 is 11.2. The van der Waals surface area contributed by atoms with Crippen LogP contribution >= 0.6 is 0 Å². The number of ether oxygens (including phenoxy) is 1. The molecule has 2 N–H and O–H groups in total. The maximum Gasteiger partial charge on any atom is 0.250 e. The van der Waals surface area contributed by atoms with Gasteiger partial charge in [0.2, 0.25) is 5.88 Å². The van der Waals surface area contributed by atoms with E-state index in [0.717, 1.165) is 35.9 Å². The van der Waals surface area contributed by atoms with Gasteiger partial charge in [-0.25, -0.2) is 0 Å². The molecule has 0 bridgehead atoms. The van der Waals surface area contributed by atoms with Gasteiger partial charge in [-0.05, 0) is 29.8 Å². The quantitative estimate of drug-likeness (QED) is 0.568. The third-order valence-electron chi connectivity index (χ3n) is 4.69. The molecule has 0 radical (unpaired) electrons. The first-order chi connectivity index (χ1) is 15.4. The first-order valence-electron chi connectivity index (χ1n) is 10.4. The second kappa shape index (κ2) is 9.05. The molecule has 0 aliphatic carbocycles. The molecule has 1 aromatic carbocycles. The summed E-state index contributed by atoms with van der Waals surface area (Å²) in [4.78, 5) is 21.0. The van der Waals surface area contributed by atoms with Crippen molar-refractivity contribution in [3.63, 3.8) is 0 Å². The number of aliphatic imine (C=N–C) groups is 1. The molecule has 2 aromatic heterocycles. The minimum Gasteiger partial charge on any atom is -0.457 e. The van der Waals surface area contributed by atoms with Gasteiger partial charge in [0, 0.05) is 36.4 Å². The Balaban J connectivity index is 1.39. The van der Waals surface area contributed by atoms with E-state index in [1.165, 1.54) is 6.08 Å². The van der Waals surface area contributed by atoms with Crippen molar-refractivity contribution < 1.29 is 14.1 Å². The SMILES string of the molecule is CC(C)(C)c1cc(NC(=O)/C=C/c2cccc(Oc3ccnc(C4=NCCN4)c3)c2)on1. The number of pyridine rings is 1. The highest BCUT2D eigenvalue weighted by Crippen LogP contribution is 2.25. The molecule has 0 saturated heterocycles. The van der Waals surface area contributed by atoms with Crippen molar-refractivity contribution in [2.45, 2.75) is 26.2 Å². The van der Waals surface area contributed by atoms with E-state index in [1.807, 2.05) is 51.1 Å². The van der Waals surface area contributed by atoms with Gasteiger partial charge in [0.25, 0.3) is 5.91 Å². The lowest BCUT2D eigenvalue weighted by Crippen LogP contribution is -2.20. The molecule has 8 heteroatoms. The Morgan fingerprint density at radius 1 is 1.19 bits per heavy atom. The third kappa shape index (κ3) is 5.40. The fraction of sp³-hybridized carbons (Fsp3) is 0.250. The number of rotatable bonds is 6. The van der Waals surface area contributed by atoms with Crippen LogP contribution in [0.1, 0.15) is 37.7 Å². The standard InChI is InChI=1S/C24H25N5O3/c1-24(2,3)20-15-22(32-29-20)28-21(30)8-7-16-5-4-6-17(13-16)31-18-9-10-25-19(14-18)23-26-11-12-27-23/h4-10,13-15H,11-12H2,1-3H3,(H,26,27)(H,28,30)/b8-7+. The van der Waals surface area contributed by atoms with Gasteiger partial charge in [-0.1, -0.05) is 38.1 Å². The van der Waals surface area contributed by atoms with Crippen LogP contribution in [0, 0.1) is 0 Å². The molecule has 3 aromatic rings. The summed E-state index contributed by atoms with van der Waals surface area (Å²) in [5.41, 5.74) is 2.19. The average Bonchev–Trinajstić information content (AvgIpc) is 3.45. The van der Waals surface area contributed by atoms with Crippen molar-refractivity contribution >= 4 is 23.7 Å². The summed E-state index contributed by atoms with van der Waals surface area (Å²) in [6, 6.07) is 12.8. The minimum atomic E-state index is -0.309. The lowest BCUT2D eigenvalue weighted by atomic mass is 9.92. The molecule has 8 nitrogen and oxygen atoms in total. The molecule has 0 saturated carbocycles. The van der Waals surface area contributed by atoms with Crippen LogP contribution in [0.5, 0.6) is 11.5 Å². The molecule has 164 valence electrons. The highest BCUT2D eigenvalue weighted by Gasteiger charge is 2.19. The predicted octanol–water partition coefficient (Wildman–Crippen LogP) is 4.16. The van der Waals surface area contributed by atoms with E-state index < -0.39 is 0 Å². The number of amides is 1. The maximum atomic E-state index is 12.2. The molecular weight excluding hydrogens is 406 g/mol. The number of carbonyl (C=O) groups excluding carboxylic acids is 1. The highest BCUT2D eigenvalue weighted by molar-refractivity contribution is 6.01. The van der Waals surface area contributed by atoms with E-state index in [1.54, 1.807) is 24.4 Å². The van der Waals surface area contributed by atoms with Crippen molar-refractivity contribution in [3.8, 4) is 11.5 Å². The van der Waals surface area contributed by atoms with Crippen LogP contribution in [0.2, 0.25) is 0 Å². The average molecular weight is 431 g/mol. The topological polar surface area (TPSA) is 102 Å². The summed E-state index contributed by atoms with van der Waals surface area (Å²) in [6.07, 6.45) is 4.83. The van der Waals surface area contributed by atoms with Gasteiger partial charge in [0.1, 0.15) is 23.0 Å². The van der Waals surface area contributed by atoms with E-state index >= 15 is 0 Å². The smallest absolute Gasteiger partial charge is 0.250 e. The second-order valence-corrected chi connectivity index (χ2v) is 8.36. The van der Waals surface area contributed by atoms with Crippen molar-refractivity contribution in [2.24, 2.45) is 4.99 Å². The molecule has 1 amide bonds. The number of nitrogens with zero attached hydrogens (tertiary/aromatic N) is 3. The van der Waals surface area contributed by atoms with Gasteiger partial charge in [-0.15, -0.1) is 0 Å². The summed E-state index contributed by atoms with van der Waals surface area (Å²) >= 11 is 0. The number of aromatic nitrogens is 2. The van der Waals surface area contributed by atoms with Gasteiger partial charge in [0.15, 0.2) is 0 Å². The van der Waals surface area contributed by atoms with Crippen LogP contribution in [-0.4, -0.2) is 35.0 Å². The predicted molar refractivity (Wildman–Crippen MR) is 123 cm³/mol. The summed E-state index contributed by atoms with van der Waals surface area (Å²) in [5.74, 6) is 2.09. The van der Waals surface area contributed by atoms with Crippen molar-refractivity contribution in [3.05, 3.63) is 71.7 Å². The van der Waals surface area contributed by atoms with Gasteiger partial charge >= 0.3 is 0 Å². The van der Waals surface area contributed by atoms with E-state index in [-0.39, 0.29) is 11.3 Å². The number of nitrogens with one attached hydrogen (secondary N) is 2. The zero-order chi connectivity index (χ0) is 22.6. The lowest BCUT2D eigenvalue weighted by Gasteiger charge is -2.12. The van der Waals surface area contributed by atoms with Gasteiger partial charge < -0.3 is 14.6 Å². The van der Waals surface area contributed by atoms with Crippen molar-refractivity contribution in [1.82, 2.24) is 15.5 Å². The Morgan fingerprint density at radius 3 is 2.78 bits per heavy atom. The van der Waals surface area contributed by atoms with Crippen LogP contribution in [0.3, 0.4) is 0 Å². The normalized spacial score (nSPS) is 13.7. The lowest BCUT2D eigenvalue weighted by molar-refractivity contribution is -0.112. The van der Waals surface area contributed by atoms with Crippen LogP contribution in [0.25, 0.3) is 6.08 Å². The molecule has 1 aliphatic heterocycles. The fourth-order valence-corrected chi connectivity index (χ4v) is 3.01. The summed E-state index contributed by atoms with van der Waals surface area (Å²) in [5, 5.41) is 9.88. The minimum absolute atomic E-state index is 0.153. The number of amidine groups is 1. The zero-order valence-electron chi connectivity index (χ0n) is 18.3. The Kier molecular flexibility index (Phi) is 6.02. The van der Waals surface area contributed by atoms with Crippen LogP contribution in [0.15, 0.2) is 64.3 Å².